The third-order valence-electron chi connectivity index (χ3n) is 24.7. The van der Waals surface area contributed by atoms with E-state index in [4.69, 9.17) is 90.9 Å². The van der Waals surface area contributed by atoms with Crippen LogP contribution in [0.4, 0.5) is 17.5 Å². The van der Waals surface area contributed by atoms with E-state index in [2.05, 4.69) is 247 Å². The molecule has 2 aliphatic carbocycles. The summed E-state index contributed by atoms with van der Waals surface area (Å²) in [5.74, 6) is 3.09. The Morgan fingerprint density at radius 1 is 0.379 bits per heavy atom. The van der Waals surface area contributed by atoms with Crippen LogP contribution in [-0.2, 0) is 37.7 Å². The zero-order valence-corrected chi connectivity index (χ0v) is 97.0. The lowest BCUT2D eigenvalue weighted by Crippen LogP contribution is -2.41. The molecule has 0 unspecified atom stereocenters. The van der Waals surface area contributed by atoms with Crippen molar-refractivity contribution in [3.63, 3.8) is 0 Å². The number of pyridine rings is 3. The number of benzene rings is 3. The second-order valence-corrected chi connectivity index (χ2v) is 80.7. The van der Waals surface area contributed by atoms with Crippen LogP contribution in [-0.4, -0.2) is 223 Å². The van der Waals surface area contributed by atoms with Crippen LogP contribution in [0, 0.1) is 3.57 Å². The highest BCUT2D eigenvalue weighted by Gasteiger charge is 2.52. The molecule has 0 radical (unpaired) electrons. The number of anilines is 3. The maximum Gasteiger partial charge on any atom is 0.496 e. The molecule has 2 saturated carbocycles. The van der Waals surface area contributed by atoms with Gasteiger partial charge in [0.1, 0.15) is 74.2 Å². The van der Waals surface area contributed by atoms with Crippen LogP contribution in [0.25, 0.3) is 73.0 Å². The summed E-state index contributed by atoms with van der Waals surface area (Å²) >= 11 is 15.1. The number of halogens is 3. The van der Waals surface area contributed by atoms with Gasteiger partial charge in [0, 0.05) is 169 Å². The molecule has 25 nitrogen and oxygen atoms in total. The maximum absolute atomic E-state index is 8.91. The fraction of sp³-hybridized carbons (Fsp3) is 0.514. The Morgan fingerprint density at radius 2 is 0.693 bits per heavy atom. The van der Waals surface area contributed by atoms with Crippen LogP contribution in [0.15, 0.2) is 183 Å². The highest BCUT2D eigenvalue weighted by Crippen LogP contribution is 2.39. The molecule has 0 atom stereocenters. The van der Waals surface area contributed by atoms with Crippen LogP contribution in [0.5, 0.6) is 5.88 Å². The summed E-state index contributed by atoms with van der Waals surface area (Å²) in [6.07, 6.45) is 23.0. The van der Waals surface area contributed by atoms with Gasteiger partial charge in [0.05, 0.1) is 56.5 Å². The standard InChI is InChI=1S/C35H51N5O3Si2.C29H40ClN5O2Si2.C18H32ClIN4O2Si2.C17H20BNO2.C6H12O/c1-44(2,3)21-19-41-26-39(27-42-20-22-45(4,5)6)34-23-33(43-30-15-11-8-12-16-30)38-35-31(25-37-40(34)35)29-17-18-32(36-24-29)28-13-9-7-10-14-28;1-38(2,3)16-14-36-21-34(22-37-15-17-39(4,5)6)28-18-27(30)33-29-25(20-32-35(28)29)24-12-13-26(31-19-24)23-10-8-7-9-11-23;1-27(2,3)9-7-25-13-23(14-26-8-10-28(4,5)6)17-11-16(19)22-18-15(20)12-21-24(17)18;1-16(2)17(3,4)21-18(20-16)14-10-11-15(19-12-14)13-8-6-5-7-9-13;7-6-4-2-1-3-5-6/h7,9-10,13-14,17-18,23-25,30H,8,11-12,15-16,19-22,26-27H2,1-6H3;7-13,18-20H,14-17,21-22H2,1-6H3;11-12H,7-10,13-14H2,1-6H3;5-12H,1-4H3;6-7H,1-5H2. The molecule has 3 aliphatic rings. The van der Waals surface area contributed by atoms with Crippen molar-refractivity contribution in [2.45, 2.75) is 269 Å². The van der Waals surface area contributed by atoms with E-state index < -0.39 is 48.4 Å². The second-order valence-electron chi connectivity index (χ2n) is 45.0. The Balaban J connectivity index is 0.000000180. The summed E-state index contributed by atoms with van der Waals surface area (Å²) in [6.45, 7) is 57.5. The van der Waals surface area contributed by atoms with Gasteiger partial charge in [-0.3, -0.25) is 15.0 Å². The molecule has 3 fully saturated rings. The average molecular weight is 2160 g/mol. The predicted octanol–water partition coefficient (Wildman–Crippen LogP) is 25.9. The van der Waals surface area contributed by atoms with Crippen molar-refractivity contribution in [2.24, 2.45) is 0 Å². The number of ether oxygens (including phenoxy) is 7. The number of rotatable bonds is 41. The average Bonchev–Trinajstić information content (AvgIpc) is 1.54. The molecular formula is C105H155BCl2IN15O10Si6. The number of aromatic nitrogens is 12. The minimum Gasteiger partial charge on any atom is -0.474 e. The van der Waals surface area contributed by atoms with Crippen molar-refractivity contribution in [1.29, 1.82) is 0 Å². The summed E-state index contributed by atoms with van der Waals surface area (Å²) < 4.78 is 62.0. The van der Waals surface area contributed by atoms with Crippen LogP contribution >= 0.6 is 45.8 Å². The molecule has 0 bridgehead atoms. The van der Waals surface area contributed by atoms with E-state index in [0.29, 0.717) is 75.4 Å². The third-order valence-corrected chi connectivity index (χ3v) is 36.1. The Morgan fingerprint density at radius 3 is 1.01 bits per heavy atom. The fourth-order valence-corrected chi connectivity index (χ4v) is 20.5. The largest absolute Gasteiger partial charge is 0.496 e. The molecule has 0 spiro atoms. The van der Waals surface area contributed by atoms with Crippen LogP contribution in [0.2, 0.25) is 164 Å². The van der Waals surface area contributed by atoms with Crippen molar-refractivity contribution >= 4 is 141 Å². The fourth-order valence-electron chi connectivity index (χ4n) is 15.1. The summed E-state index contributed by atoms with van der Waals surface area (Å²) in [4.78, 5) is 34.3. The smallest absolute Gasteiger partial charge is 0.474 e. The van der Waals surface area contributed by atoms with Crippen LogP contribution in [0.1, 0.15) is 91.9 Å². The molecule has 758 valence electrons. The first kappa shape index (κ1) is 113. The van der Waals surface area contributed by atoms with E-state index >= 15 is 0 Å². The first-order chi connectivity index (χ1) is 66.3. The zero-order valence-electron chi connectivity index (χ0n) is 87.3. The molecule has 1 saturated heterocycles. The number of aliphatic hydroxyl groups is 1. The molecule has 10 heterocycles. The number of fused-ring (bicyclic) bond motifs is 3. The van der Waals surface area contributed by atoms with Gasteiger partial charge in [0.15, 0.2) is 16.9 Å². The molecule has 1 N–H and O–H groups in total. The highest BCUT2D eigenvalue weighted by molar-refractivity contribution is 14.1. The normalized spacial score (nSPS) is 14.9. The molecule has 0 amide bonds. The van der Waals surface area contributed by atoms with Crippen molar-refractivity contribution in [3.8, 4) is 61.9 Å². The first-order valence-electron chi connectivity index (χ1n) is 49.9. The number of aliphatic hydroxyl groups excluding tert-OH is 1. The van der Waals surface area contributed by atoms with Crippen molar-refractivity contribution in [1.82, 2.24) is 58.7 Å². The lowest BCUT2D eigenvalue weighted by molar-refractivity contribution is 0.00578. The van der Waals surface area contributed by atoms with E-state index in [0.717, 1.165) is 182 Å². The maximum atomic E-state index is 8.91. The monoisotopic (exact) mass is 2160 g/mol. The van der Waals surface area contributed by atoms with Crippen LogP contribution in [0.3, 0.4) is 0 Å². The highest BCUT2D eigenvalue weighted by atomic mass is 127. The quantitative estimate of drug-likeness (QED) is 0.0123. The van der Waals surface area contributed by atoms with E-state index in [1.807, 2.05) is 147 Å². The summed E-state index contributed by atoms with van der Waals surface area (Å²) in [6, 6.07) is 55.1. The van der Waals surface area contributed by atoms with Gasteiger partial charge < -0.3 is 62.3 Å². The lowest BCUT2D eigenvalue weighted by atomic mass is 9.80. The second kappa shape index (κ2) is 52.5. The minimum absolute atomic E-state index is 0.0359. The van der Waals surface area contributed by atoms with Gasteiger partial charge in [-0.1, -0.05) is 276 Å². The summed E-state index contributed by atoms with van der Waals surface area (Å²) in [5.41, 5.74) is 12.2. The molecule has 12 aromatic rings. The predicted molar refractivity (Wildman–Crippen MR) is 602 cm³/mol. The van der Waals surface area contributed by atoms with Gasteiger partial charge in [-0.05, 0) is 143 Å². The Hall–Kier alpha value is -7.51. The van der Waals surface area contributed by atoms with Gasteiger partial charge in [-0.2, -0.15) is 33.8 Å². The topological polar surface area (TPSA) is 242 Å². The Labute approximate surface area is 863 Å². The minimum atomic E-state index is -1.22. The van der Waals surface area contributed by atoms with E-state index in [-0.39, 0.29) is 30.5 Å². The molecule has 140 heavy (non-hydrogen) atoms. The lowest BCUT2D eigenvalue weighted by Gasteiger charge is -2.32. The van der Waals surface area contributed by atoms with Gasteiger partial charge in [0.25, 0.3) is 0 Å². The first-order valence-corrected chi connectivity index (χ1v) is 74.0. The van der Waals surface area contributed by atoms with Gasteiger partial charge >= 0.3 is 7.12 Å². The Kier molecular flexibility index (Phi) is 42.3. The van der Waals surface area contributed by atoms with Crippen molar-refractivity contribution in [2.75, 3.05) is 94.7 Å². The molecule has 1 aliphatic heterocycles. The summed E-state index contributed by atoms with van der Waals surface area (Å²) in [7, 11) is -7.45. The van der Waals surface area contributed by atoms with Gasteiger partial charge in [-0.15, -0.1) is 0 Å². The summed E-state index contributed by atoms with van der Waals surface area (Å²) in [5, 5.41) is 23.8. The van der Waals surface area contributed by atoms with Gasteiger partial charge in [-0.25, -0.2) is 9.97 Å². The molecule has 3 aromatic carbocycles. The van der Waals surface area contributed by atoms with Crippen molar-refractivity contribution in [3.05, 3.63) is 197 Å². The number of nitrogens with zero attached hydrogens (tertiary/aromatic N) is 15. The van der Waals surface area contributed by atoms with Gasteiger partial charge in [0.2, 0.25) is 5.88 Å². The van der Waals surface area contributed by atoms with E-state index in [9.17, 15) is 0 Å². The zero-order chi connectivity index (χ0) is 101. The third kappa shape index (κ3) is 36.6. The van der Waals surface area contributed by atoms with E-state index in [1.54, 1.807) is 10.7 Å². The molecular weight excluding hydrogens is 2010 g/mol. The van der Waals surface area contributed by atoms with E-state index in [1.165, 1.54) is 38.5 Å². The van der Waals surface area contributed by atoms with Crippen molar-refractivity contribution < 1.29 is 47.6 Å². The Bertz CT molecular complexity index is 5660. The SMILES string of the molecule is CC1(C)OB(c2ccc(-c3ccccc3)nc2)OC1(C)C.C[Si](C)(C)CCOCN(COCC[Si](C)(C)C)c1cc(Cl)nc2c(-c3ccc(-c4ccccc4)nc3)cnn12.C[Si](C)(C)CCOCN(COCC[Si](C)(C)C)c1cc(Cl)nc2c(I)cnn12.C[Si](C)(C)CCOCN(COCC[Si](C)(C)C)c1cc(OC2CCCCC2)nc2c(-c3ccc(-c4ccccc4)nc3)cnn12.OC1CCCCC1. The van der Waals surface area contributed by atoms with Crippen LogP contribution < -0.4 is 24.9 Å². The molecule has 15 rings (SSSR count). The number of hydrogen-bond acceptors (Lipinski definition) is 22. The number of hydrogen-bond donors (Lipinski definition) is 1. The molecule has 9 aromatic heterocycles. The molecule has 35 heteroatoms.